The molecular formula is C13H26O. The third-order valence-corrected chi connectivity index (χ3v) is 3.96. The van der Waals surface area contributed by atoms with E-state index < -0.39 is 0 Å². The van der Waals surface area contributed by atoms with Gasteiger partial charge >= 0.3 is 0 Å². The van der Waals surface area contributed by atoms with Crippen LogP contribution in [0, 0.1) is 17.8 Å². The molecule has 0 amide bonds. The van der Waals surface area contributed by atoms with Crippen LogP contribution in [-0.2, 0) is 0 Å². The molecule has 0 aliphatic heterocycles. The lowest BCUT2D eigenvalue weighted by Crippen LogP contribution is -2.25. The monoisotopic (exact) mass is 198 g/mol. The third kappa shape index (κ3) is 3.61. The van der Waals surface area contributed by atoms with Crippen LogP contribution in [0.3, 0.4) is 0 Å². The number of hydrogen-bond donors (Lipinski definition) is 1. The summed E-state index contributed by atoms with van der Waals surface area (Å²) in [4.78, 5) is 0. The fourth-order valence-corrected chi connectivity index (χ4v) is 2.42. The fraction of sp³-hybridized carbons (Fsp3) is 1.00. The average molecular weight is 198 g/mol. The number of aliphatic hydroxyl groups is 1. The van der Waals surface area contributed by atoms with Gasteiger partial charge < -0.3 is 5.11 Å². The maximum atomic E-state index is 10.0. The van der Waals surface area contributed by atoms with Crippen molar-refractivity contribution >= 4 is 0 Å². The maximum Gasteiger partial charge on any atom is 0.0570 e. The highest BCUT2D eigenvalue weighted by Gasteiger charge is 2.22. The Hall–Kier alpha value is -0.0400. The minimum absolute atomic E-state index is 0.0712. The molecule has 2 atom stereocenters. The van der Waals surface area contributed by atoms with Gasteiger partial charge in [-0.05, 0) is 24.2 Å². The molecule has 1 aliphatic rings. The molecule has 1 saturated carbocycles. The first-order chi connectivity index (χ1) is 6.61. The highest BCUT2D eigenvalue weighted by atomic mass is 16.3. The summed E-state index contributed by atoms with van der Waals surface area (Å²) in [7, 11) is 0. The van der Waals surface area contributed by atoms with Crippen molar-refractivity contribution in [1.82, 2.24) is 0 Å². The minimum Gasteiger partial charge on any atom is -0.393 e. The molecule has 0 saturated heterocycles. The largest absolute Gasteiger partial charge is 0.393 e. The molecule has 1 fully saturated rings. The molecule has 14 heavy (non-hydrogen) atoms. The number of rotatable bonds is 4. The molecule has 0 spiro atoms. The van der Waals surface area contributed by atoms with Crippen LogP contribution in [0.5, 0.6) is 0 Å². The smallest absolute Gasteiger partial charge is 0.0570 e. The van der Waals surface area contributed by atoms with Gasteiger partial charge in [-0.1, -0.05) is 52.9 Å². The molecule has 2 unspecified atom stereocenters. The summed E-state index contributed by atoms with van der Waals surface area (Å²) in [5.74, 6) is 1.87. The Morgan fingerprint density at radius 3 is 2.14 bits per heavy atom. The molecule has 1 rings (SSSR count). The lowest BCUT2D eigenvalue weighted by molar-refractivity contribution is 0.0616. The Morgan fingerprint density at radius 1 is 1.07 bits per heavy atom. The molecule has 84 valence electrons. The van der Waals surface area contributed by atoms with E-state index >= 15 is 0 Å². The number of aliphatic hydroxyl groups excluding tert-OH is 1. The summed E-state index contributed by atoms with van der Waals surface area (Å²) < 4.78 is 0. The van der Waals surface area contributed by atoms with Gasteiger partial charge in [0.15, 0.2) is 0 Å². The van der Waals surface area contributed by atoms with Crippen LogP contribution in [0.1, 0.15) is 59.3 Å². The molecule has 1 heteroatoms. The highest BCUT2D eigenvalue weighted by molar-refractivity contribution is 4.74. The van der Waals surface area contributed by atoms with E-state index in [9.17, 15) is 5.11 Å². The quantitative estimate of drug-likeness (QED) is 0.731. The lowest BCUT2D eigenvalue weighted by atomic mass is 9.81. The molecule has 0 aromatic carbocycles. The van der Waals surface area contributed by atoms with Crippen molar-refractivity contribution in [2.45, 2.75) is 65.4 Å². The average Bonchev–Trinajstić information content (AvgIpc) is 2.18. The Morgan fingerprint density at radius 2 is 1.64 bits per heavy atom. The summed E-state index contributed by atoms with van der Waals surface area (Å²) in [5, 5.41) is 10.0. The van der Waals surface area contributed by atoms with Crippen molar-refractivity contribution in [2.24, 2.45) is 17.8 Å². The second-order valence-corrected chi connectivity index (χ2v) is 5.41. The standard InChI is InChI=1S/C13H26O/c1-10(2)11(3)13(14)9-12-7-5-4-6-8-12/h10-14H,4-9H2,1-3H3. The SMILES string of the molecule is CC(C)C(C)C(O)CC1CCCCC1. The van der Waals surface area contributed by atoms with Crippen molar-refractivity contribution in [3.8, 4) is 0 Å². The molecule has 1 N–H and O–H groups in total. The normalized spacial score (nSPS) is 23.8. The van der Waals surface area contributed by atoms with Gasteiger partial charge in [0.1, 0.15) is 0 Å². The van der Waals surface area contributed by atoms with Crippen molar-refractivity contribution in [3.05, 3.63) is 0 Å². The van der Waals surface area contributed by atoms with Crippen LogP contribution < -0.4 is 0 Å². The zero-order valence-electron chi connectivity index (χ0n) is 10.00. The summed E-state index contributed by atoms with van der Waals surface area (Å²) >= 11 is 0. The van der Waals surface area contributed by atoms with E-state index in [2.05, 4.69) is 20.8 Å². The first kappa shape index (κ1) is 12.0. The second-order valence-electron chi connectivity index (χ2n) is 5.41. The van der Waals surface area contributed by atoms with Crippen LogP contribution in [-0.4, -0.2) is 11.2 Å². The van der Waals surface area contributed by atoms with Crippen molar-refractivity contribution in [3.63, 3.8) is 0 Å². The van der Waals surface area contributed by atoms with E-state index in [0.717, 1.165) is 12.3 Å². The van der Waals surface area contributed by atoms with E-state index in [0.29, 0.717) is 11.8 Å². The third-order valence-electron chi connectivity index (χ3n) is 3.96. The van der Waals surface area contributed by atoms with Gasteiger partial charge in [-0.2, -0.15) is 0 Å². The van der Waals surface area contributed by atoms with Crippen molar-refractivity contribution < 1.29 is 5.11 Å². The van der Waals surface area contributed by atoms with Gasteiger partial charge in [0.2, 0.25) is 0 Å². The second kappa shape index (κ2) is 5.75. The van der Waals surface area contributed by atoms with E-state index in [1.165, 1.54) is 32.1 Å². The summed E-state index contributed by atoms with van der Waals surface area (Å²) in [6, 6.07) is 0. The molecule has 1 nitrogen and oxygen atoms in total. The Balaban J connectivity index is 2.27. The van der Waals surface area contributed by atoms with Gasteiger partial charge in [-0.25, -0.2) is 0 Å². The van der Waals surface area contributed by atoms with Crippen LogP contribution in [0.4, 0.5) is 0 Å². The molecule has 0 aromatic rings. The zero-order chi connectivity index (χ0) is 10.6. The Bertz CT molecular complexity index is 147. The van der Waals surface area contributed by atoms with Gasteiger partial charge in [0.05, 0.1) is 6.10 Å². The van der Waals surface area contributed by atoms with Gasteiger partial charge in [-0.3, -0.25) is 0 Å². The van der Waals surface area contributed by atoms with Crippen LogP contribution in [0.15, 0.2) is 0 Å². The fourth-order valence-electron chi connectivity index (χ4n) is 2.42. The topological polar surface area (TPSA) is 20.2 Å². The predicted octanol–water partition coefficient (Wildman–Crippen LogP) is 3.61. The molecule has 0 radical (unpaired) electrons. The molecule has 0 aromatic heterocycles. The van der Waals surface area contributed by atoms with Crippen LogP contribution in [0.25, 0.3) is 0 Å². The van der Waals surface area contributed by atoms with Gasteiger partial charge in [0.25, 0.3) is 0 Å². The Kier molecular flexibility index (Phi) is 4.94. The van der Waals surface area contributed by atoms with E-state index in [4.69, 9.17) is 0 Å². The first-order valence-corrected chi connectivity index (χ1v) is 6.29. The molecule has 0 heterocycles. The zero-order valence-corrected chi connectivity index (χ0v) is 10.00. The van der Waals surface area contributed by atoms with Gasteiger partial charge in [-0.15, -0.1) is 0 Å². The van der Waals surface area contributed by atoms with E-state index in [-0.39, 0.29) is 6.10 Å². The Labute approximate surface area is 88.9 Å². The van der Waals surface area contributed by atoms with Crippen LogP contribution in [0.2, 0.25) is 0 Å². The minimum atomic E-state index is -0.0712. The molecule has 0 bridgehead atoms. The summed E-state index contributed by atoms with van der Waals surface area (Å²) in [6.45, 7) is 6.58. The summed E-state index contributed by atoms with van der Waals surface area (Å²) in [6.07, 6.45) is 7.84. The first-order valence-electron chi connectivity index (χ1n) is 6.29. The molecular weight excluding hydrogens is 172 g/mol. The summed E-state index contributed by atoms with van der Waals surface area (Å²) in [5.41, 5.74) is 0. The molecule has 1 aliphatic carbocycles. The predicted molar refractivity (Wildman–Crippen MR) is 61.2 cm³/mol. The van der Waals surface area contributed by atoms with Crippen molar-refractivity contribution in [1.29, 1.82) is 0 Å². The van der Waals surface area contributed by atoms with Crippen LogP contribution >= 0.6 is 0 Å². The van der Waals surface area contributed by atoms with E-state index in [1.54, 1.807) is 0 Å². The maximum absolute atomic E-state index is 10.0. The van der Waals surface area contributed by atoms with E-state index in [1.807, 2.05) is 0 Å². The highest BCUT2D eigenvalue weighted by Crippen LogP contribution is 2.30. The van der Waals surface area contributed by atoms with Gasteiger partial charge in [0, 0.05) is 0 Å². The number of hydrogen-bond acceptors (Lipinski definition) is 1. The van der Waals surface area contributed by atoms with Crippen molar-refractivity contribution in [2.75, 3.05) is 0 Å². The lowest BCUT2D eigenvalue weighted by Gasteiger charge is -2.28.